The van der Waals surface area contributed by atoms with E-state index < -0.39 is 86.3 Å². The van der Waals surface area contributed by atoms with Gasteiger partial charge < -0.3 is 62.6 Å². The molecule has 7 aliphatic rings. The maximum atomic E-state index is 14.9. The van der Waals surface area contributed by atoms with E-state index in [9.17, 15) is 9.90 Å². The summed E-state index contributed by atoms with van der Waals surface area (Å²) >= 11 is 0. The monoisotopic (exact) mass is 1000 g/mol. The molecule has 4 fully saturated rings. The third-order valence-electron chi connectivity index (χ3n) is 17.4. The maximum absolute atomic E-state index is 14.9. The van der Waals surface area contributed by atoms with Crippen molar-refractivity contribution >= 4 is 14.3 Å². The van der Waals surface area contributed by atoms with E-state index in [0.717, 1.165) is 17.6 Å². The summed E-state index contributed by atoms with van der Waals surface area (Å²) in [5, 5.41) is 13.1. The zero-order chi connectivity index (χ0) is 51.3. The summed E-state index contributed by atoms with van der Waals surface area (Å²) in [4.78, 5) is 14.9. The Morgan fingerprint density at radius 1 is 0.929 bits per heavy atom. The molecule has 0 aromatic heterocycles. The highest BCUT2D eigenvalue weighted by Crippen LogP contribution is 2.50. The van der Waals surface area contributed by atoms with Gasteiger partial charge in [0.25, 0.3) is 0 Å². The first-order valence-corrected chi connectivity index (χ1v) is 29.1. The largest absolute Gasteiger partial charge is 0.462 e. The molecule has 0 aromatic carbocycles. The average Bonchev–Trinajstić information content (AvgIpc) is 3.63. The zero-order valence-electron chi connectivity index (χ0n) is 45.2. The van der Waals surface area contributed by atoms with E-state index >= 15 is 0 Å². The number of carbonyl (C=O) groups excluding carboxylic acids is 1. The van der Waals surface area contributed by atoms with Gasteiger partial charge in [-0.05, 0) is 87.9 Å². The molecule has 7 rings (SSSR count). The van der Waals surface area contributed by atoms with Crippen LogP contribution in [0.3, 0.4) is 0 Å². The molecule has 0 radical (unpaired) electrons. The lowest BCUT2D eigenvalue weighted by molar-refractivity contribution is -0.315. The van der Waals surface area contributed by atoms with Crippen LogP contribution >= 0.6 is 0 Å². The second-order valence-electron chi connectivity index (χ2n) is 23.6. The molecule has 2 bridgehead atoms. The number of rotatable bonds is 10. The first kappa shape index (κ1) is 55.7. The van der Waals surface area contributed by atoms with Crippen LogP contribution in [0, 0.1) is 23.7 Å². The van der Waals surface area contributed by atoms with Crippen molar-refractivity contribution in [1.82, 2.24) is 0 Å². The summed E-state index contributed by atoms with van der Waals surface area (Å²) in [6.45, 7) is 29.7. The summed E-state index contributed by atoms with van der Waals surface area (Å²) in [6.07, 6.45) is 11.5. The number of hydrogen-bond donors (Lipinski definition) is 2. The van der Waals surface area contributed by atoms with Crippen molar-refractivity contribution in [3.8, 4) is 0 Å². The van der Waals surface area contributed by atoms with E-state index in [-0.39, 0.29) is 59.9 Å². The Balaban J connectivity index is 1.22. The van der Waals surface area contributed by atoms with Crippen molar-refractivity contribution < 1.29 is 61.7 Å². The van der Waals surface area contributed by atoms with E-state index in [0.29, 0.717) is 37.7 Å². The minimum absolute atomic E-state index is 0.0844. The highest BCUT2D eigenvalue weighted by atomic mass is 28.4. The van der Waals surface area contributed by atoms with Crippen LogP contribution in [0.5, 0.6) is 0 Å². The molecule has 15 heteroatoms. The van der Waals surface area contributed by atoms with Crippen LogP contribution < -0.4 is 5.73 Å². The van der Waals surface area contributed by atoms with E-state index in [1.54, 1.807) is 14.2 Å². The van der Waals surface area contributed by atoms with Crippen molar-refractivity contribution in [2.45, 2.75) is 236 Å². The number of aliphatic hydroxyl groups is 1. The van der Waals surface area contributed by atoms with Crippen LogP contribution in [0.4, 0.5) is 0 Å². The minimum Gasteiger partial charge on any atom is -0.462 e. The highest BCUT2D eigenvalue weighted by molar-refractivity contribution is 6.74. The second kappa shape index (κ2) is 21.6. The van der Waals surface area contributed by atoms with Gasteiger partial charge in [0, 0.05) is 51.7 Å². The van der Waals surface area contributed by atoms with Crippen LogP contribution in [-0.4, -0.2) is 137 Å². The van der Waals surface area contributed by atoms with Crippen LogP contribution in [0.25, 0.3) is 0 Å². The van der Waals surface area contributed by atoms with Crippen molar-refractivity contribution in [3.05, 3.63) is 59.3 Å². The number of carbonyl (C=O) groups is 1. The lowest BCUT2D eigenvalue weighted by Crippen LogP contribution is -2.63. The Morgan fingerprint density at radius 3 is 2.31 bits per heavy atom. The van der Waals surface area contributed by atoms with Crippen molar-refractivity contribution in [3.63, 3.8) is 0 Å². The van der Waals surface area contributed by atoms with Crippen molar-refractivity contribution in [2.75, 3.05) is 20.8 Å². The Bertz CT molecular complexity index is 1990. The number of allylic oxidation sites excluding steroid dienone is 2. The first-order valence-electron chi connectivity index (χ1n) is 26.2. The van der Waals surface area contributed by atoms with E-state index in [1.807, 2.05) is 52.0 Å². The average molecular weight is 1000 g/mol. The fourth-order valence-corrected chi connectivity index (χ4v) is 12.7. The predicted octanol–water partition coefficient (Wildman–Crippen LogP) is 8.76. The summed E-state index contributed by atoms with van der Waals surface area (Å²) < 4.78 is 72.7. The smallest absolute Gasteiger partial charge is 0.316 e. The zero-order valence-corrected chi connectivity index (χ0v) is 46.2. The van der Waals surface area contributed by atoms with Gasteiger partial charge in [0.1, 0.15) is 29.8 Å². The van der Waals surface area contributed by atoms with Gasteiger partial charge >= 0.3 is 5.97 Å². The van der Waals surface area contributed by atoms with Gasteiger partial charge in [-0.1, -0.05) is 91.3 Å². The topological polar surface area (TPSA) is 165 Å². The third-order valence-corrected chi connectivity index (χ3v) is 21.8. The molecule has 70 heavy (non-hydrogen) atoms. The summed E-state index contributed by atoms with van der Waals surface area (Å²) in [5.74, 6) is -2.37. The number of esters is 1. The fourth-order valence-electron chi connectivity index (χ4n) is 11.4. The first-order chi connectivity index (χ1) is 32.8. The van der Waals surface area contributed by atoms with Gasteiger partial charge in [0.05, 0.1) is 61.0 Å². The summed E-state index contributed by atoms with van der Waals surface area (Å²) in [7, 11) is 0.979. The van der Waals surface area contributed by atoms with Gasteiger partial charge in [0.15, 0.2) is 26.7 Å². The molecule has 1 aliphatic carbocycles. The molecule has 6 aliphatic heterocycles. The normalized spacial score (nSPS) is 46.5. The molecule has 0 amide bonds. The molecule has 396 valence electrons. The van der Waals surface area contributed by atoms with Crippen molar-refractivity contribution in [1.29, 1.82) is 0 Å². The fraction of sp³-hybridized carbons (Fsp3) is 0.800. The maximum Gasteiger partial charge on any atom is 0.316 e. The number of nitrogens with two attached hydrogens (primary N) is 1. The second-order valence-corrected chi connectivity index (χ2v) is 28.3. The van der Waals surface area contributed by atoms with Crippen LogP contribution in [0.1, 0.15) is 122 Å². The Hall–Kier alpha value is -2.09. The quantitative estimate of drug-likeness (QED) is 0.121. The Labute approximate surface area is 420 Å². The third kappa shape index (κ3) is 11.3. The van der Waals surface area contributed by atoms with Gasteiger partial charge in [-0.15, -0.1) is 0 Å². The lowest BCUT2D eigenvalue weighted by Gasteiger charge is -2.49. The Kier molecular flexibility index (Phi) is 17.2. The SMILES string of the molecule is CCC(C)[C@H]1O[C@]2(C=C[C@@H]1C)C[C@@H]1C[C@@H](C/C=C(\C)[C@@H](O[C@H]3C[C@H](OC)[C@@H](O[C@H]4C[C@H](OC)[C@@](C)(N)[C@H](C)O4)[C@H](C)O3)[C@@H](C)/C=C/C=C3\CO[C@@H]4[C@H](O[Si](C)(C)C(C)(C)C)C(C)=C[C@@H](C(=O)O1)[C@]34O)O2. The number of ether oxygens (including phenoxy) is 10. The molecule has 0 saturated carbocycles. The molecule has 1 spiro atoms. The van der Waals surface area contributed by atoms with Crippen LogP contribution in [-0.2, 0) is 56.6 Å². The van der Waals surface area contributed by atoms with Crippen molar-refractivity contribution in [2.24, 2.45) is 29.4 Å². The van der Waals surface area contributed by atoms with E-state index in [4.69, 9.17) is 57.5 Å². The lowest BCUT2D eigenvalue weighted by atomic mass is 9.71. The molecular weight excluding hydrogens is 911 g/mol. The van der Waals surface area contributed by atoms with E-state index in [1.165, 1.54) is 0 Å². The minimum atomic E-state index is -2.37. The molecule has 6 heterocycles. The predicted molar refractivity (Wildman–Crippen MR) is 270 cm³/mol. The molecule has 14 nitrogen and oxygen atoms in total. The van der Waals surface area contributed by atoms with Crippen LogP contribution in [0.15, 0.2) is 59.3 Å². The molecule has 20 atom stereocenters. The van der Waals surface area contributed by atoms with Gasteiger partial charge in [0.2, 0.25) is 0 Å². The van der Waals surface area contributed by atoms with Gasteiger partial charge in [-0.3, -0.25) is 4.79 Å². The van der Waals surface area contributed by atoms with Gasteiger partial charge in [-0.25, -0.2) is 0 Å². The molecule has 4 saturated heterocycles. The molecular formula is C55H89NO13Si. The number of methoxy groups -OCH3 is 2. The van der Waals surface area contributed by atoms with Gasteiger partial charge in [-0.2, -0.15) is 0 Å². The summed E-state index contributed by atoms with van der Waals surface area (Å²) in [6, 6.07) is 0. The standard InChI is InChI=1S/C55H89NO13Si/c1-17-31(2)47-34(5)23-24-54(68-47)29-40-26-39(67-54)22-21-33(4)46(65-44-27-42(59-13)49(36(7)62-44)66-45-28-43(60-14)53(12,56)37(8)63-45)32(3)19-18-20-38-30-61-50-48(69-70(15,16)52(9,10)11)35(6)25-41(51(57)64-40)55(38,50)58/h18-21,23-25,31-32,34,36-37,39-50,58H,17,22,26-30,56H2,1-16H3/b19-18+,33-21+,38-20+/t31?,32-,34-,36-,37-,39+,40-,41-,42-,43-,44-,45-,46-,47+,48+,49-,50+,53-,54+,55+/m0/s1. The number of fused-ring (bicyclic) bond motifs is 2. The number of hydrogen-bond acceptors (Lipinski definition) is 14. The highest BCUT2D eigenvalue weighted by Gasteiger charge is 2.62. The van der Waals surface area contributed by atoms with Crippen LogP contribution in [0.2, 0.25) is 18.1 Å². The molecule has 1 unspecified atom stereocenters. The Morgan fingerprint density at radius 2 is 1.64 bits per heavy atom. The molecule has 3 N–H and O–H groups in total. The molecule has 0 aromatic rings. The van der Waals surface area contributed by atoms with E-state index in [2.05, 4.69) is 86.7 Å². The summed E-state index contributed by atoms with van der Waals surface area (Å²) in [5.41, 5.74) is 6.61.